The molecule has 0 spiro atoms. The van der Waals surface area contributed by atoms with E-state index in [2.05, 4.69) is 11.9 Å². The number of hydrogen-bond acceptors (Lipinski definition) is 1. The molecule has 1 saturated carbocycles. The molecule has 0 aromatic heterocycles. The number of aryl methyl sites for hydroxylation is 1. The Hall–Kier alpha value is -0.890. The minimum Gasteiger partial charge on any atom is -0.305 e. The number of hydrogen-bond donors (Lipinski definition) is 0. The Labute approximate surface area is 89.9 Å². The molecule has 1 aliphatic carbocycles. The third-order valence-electron chi connectivity index (χ3n) is 4.05. The van der Waals surface area contributed by atoms with Gasteiger partial charge in [-0.1, -0.05) is 12.1 Å². The lowest BCUT2D eigenvalue weighted by molar-refractivity contribution is 0.363. The summed E-state index contributed by atoms with van der Waals surface area (Å²) in [4.78, 5) is 2.38. The zero-order valence-corrected chi connectivity index (χ0v) is 9.26. The van der Waals surface area contributed by atoms with E-state index in [1.165, 1.54) is 18.5 Å². The average Bonchev–Trinajstić information content (AvgIpc) is 2.75. The third-order valence-corrected chi connectivity index (χ3v) is 4.05. The van der Waals surface area contributed by atoms with Crippen molar-refractivity contribution in [3.8, 4) is 0 Å². The summed E-state index contributed by atoms with van der Waals surface area (Å²) in [5.74, 6) is 0.728. The van der Waals surface area contributed by atoms with Crippen LogP contribution in [0.5, 0.6) is 0 Å². The van der Waals surface area contributed by atoms with Crippen LogP contribution >= 0.6 is 0 Å². The highest BCUT2D eigenvalue weighted by molar-refractivity contribution is 5.39. The lowest BCUT2D eigenvalue weighted by Crippen LogP contribution is -2.22. The number of rotatable bonds is 1. The molecule has 2 fully saturated rings. The van der Waals surface area contributed by atoms with E-state index in [-0.39, 0.29) is 5.82 Å². The molecule has 1 unspecified atom stereocenters. The Morgan fingerprint density at radius 3 is 2.87 bits per heavy atom. The standard InChI is InChI=1S/C13H16FN/c1-9-5-10(3-4-12(9)14)13-6-11(13)7-15(2)8-13/h3-5,11H,6-8H2,1-2H3/t11?,13-/m0/s1. The normalized spacial score (nSPS) is 34.2. The first-order valence-corrected chi connectivity index (χ1v) is 5.57. The summed E-state index contributed by atoms with van der Waals surface area (Å²) in [5.41, 5.74) is 2.49. The molecule has 0 radical (unpaired) electrons. The van der Waals surface area contributed by atoms with Gasteiger partial charge in [0.2, 0.25) is 0 Å². The van der Waals surface area contributed by atoms with Crippen LogP contribution in [0.15, 0.2) is 18.2 Å². The number of fused-ring (bicyclic) bond motifs is 1. The summed E-state index contributed by atoms with van der Waals surface area (Å²) in [5, 5.41) is 0. The number of nitrogens with zero attached hydrogens (tertiary/aromatic N) is 1. The Balaban J connectivity index is 1.97. The highest BCUT2D eigenvalue weighted by atomic mass is 19.1. The lowest BCUT2D eigenvalue weighted by atomic mass is 9.93. The van der Waals surface area contributed by atoms with Crippen molar-refractivity contribution in [2.24, 2.45) is 5.92 Å². The highest BCUT2D eigenvalue weighted by Crippen LogP contribution is 2.58. The predicted octanol–water partition coefficient (Wildman–Crippen LogP) is 2.34. The van der Waals surface area contributed by atoms with Crippen LogP contribution in [0.1, 0.15) is 17.5 Å². The van der Waals surface area contributed by atoms with Gasteiger partial charge in [-0.3, -0.25) is 0 Å². The maximum Gasteiger partial charge on any atom is 0.126 e. The van der Waals surface area contributed by atoms with Gasteiger partial charge in [0.05, 0.1) is 0 Å². The smallest absolute Gasteiger partial charge is 0.126 e. The van der Waals surface area contributed by atoms with Gasteiger partial charge in [-0.05, 0) is 43.5 Å². The van der Waals surface area contributed by atoms with Crippen molar-refractivity contribution in [2.45, 2.75) is 18.8 Å². The van der Waals surface area contributed by atoms with Gasteiger partial charge in [0.25, 0.3) is 0 Å². The third kappa shape index (κ3) is 1.24. The summed E-state index contributed by atoms with van der Waals surface area (Å²) in [6.45, 7) is 4.20. The molecular formula is C13H16FN. The first kappa shape index (κ1) is 9.34. The summed E-state index contributed by atoms with van der Waals surface area (Å²) in [7, 11) is 2.17. The van der Waals surface area contributed by atoms with Gasteiger partial charge in [-0.15, -0.1) is 0 Å². The minimum atomic E-state index is -0.0845. The lowest BCUT2D eigenvalue weighted by Gasteiger charge is -2.17. The number of piperidine rings is 1. The fourth-order valence-corrected chi connectivity index (χ4v) is 3.14. The van der Waals surface area contributed by atoms with Crippen LogP contribution in [0.3, 0.4) is 0 Å². The van der Waals surface area contributed by atoms with Crippen LogP contribution < -0.4 is 0 Å². The number of likely N-dealkylation sites (tertiary alicyclic amines) is 1. The van der Waals surface area contributed by atoms with Gasteiger partial charge < -0.3 is 4.90 Å². The summed E-state index contributed by atoms with van der Waals surface area (Å²) < 4.78 is 13.2. The largest absolute Gasteiger partial charge is 0.305 e. The molecular weight excluding hydrogens is 189 g/mol. The van der Waals surface area contributed by atoms with E-state index in [0.717, 1.165) is 18.0 Å². The molecule has 2 heteroatoms. The Morgan fingerprint density at radius 2 is 2.27 bits per heavy atom. The SMILES string of the molecule is Cc1cc([C@@]23CC2CN(C)C3)ccc1F. The van der Waals surface area contributed by atoms with Gasteiger partial charge in [0.15, 0.2) is 0 Å². The molecule has 1 aromatic carbocycles. The Kier molecular flexibility index (Phi) is 1.76. The van der Waals surface area contributed by atoms with Crippen LogP contribution in [0, 0.1) is 18.7 Å². The second-order valence-electron chi connectivity index (χ2n) is 5.22. The second-order valence-corrected chi connectivity index (χ2v) is 5.22. The summed E-state index contributed by atoms with van der Waals surface area (Å²) >= 11 is 0. The molecule has 3 rings (SSSR count). The van der Waals surface area contributed by atoms with Crippen LogP contribution in [0.25, 0.3) is 0 Å². The van der Waals surface area contributed by atoms with Gasteiger partial charge >= 0.3 is 0 Å². The minimum absolute atomic E-state index is 0.0845. The molecule has 2 atom stereocenters. The molecule has 1 heterocycles. The molecule has 1 nitrogen and oxygen atoms in total. The van der Waals surface area contributed by atoms with E-state index >= 15 is 0 Å². The molecule has 2 aliphatic rings. The predicted molar refractivity (Wildman–Crippen MR) is 58.4 cm³/mol. The van der Waals surface area contributed by atoms with Gasteiger partial charge in [-0.2, -0.15) is 0 Å². The Morgan fingerprint density at radius 1 is 1.47 bits per heavy atom. The molecule has 0 bridgehead atoms. The van der Waals surface area contributed by atoms with Crippen LogP contribution in [0.4, 0.5) is 4.39 Å². The first-order chi connectivity index (χ1) is 7.12. The maximum absolute atomic E-state index is 13.2. The van der Waals surface area contributed by atoms with Gasteiger partial charge in [-0.25, -0.2) is 4.39 Å². The van der Waals surface area contributed by atoms with Crippen LogP contribution in [-0.4, -0.2) is 25.0 Å². The van der Waals surface area contributed by atoms with Crippen molar-refractivity contribution < 1.29 is 4.39 Å². The summed E-state index contributed by atoms with van der Waals surface area (Å²) in [6, 6.07) is 5.63. The number of benzene rings is 1. The highest BCUT2D eigenvalue weighted by Gasteiger charge is 2.59. The molecule has 0 amide bonds. The van der Waals surface area contributed by atoms with Crippen LogP contribution in [-0.2, 0) is 5.41 Å². The topological polar surface area (TPSA) is 3.24 Å². The van der Waals surface area contributed by atoms with Gasteiger partial charge in [0, 0.05) is 18.5 Å². The zero-order chi connectivity index (χ0) is 10.6. The van der Waals surface area contributed by atoms with Gasteiger partial charge in [0.1, 0.15) is 5.82 Å². The van der Waals surface area contributed by atoms with E-state index in [1.807, 2.05) is 19.1 Å². The molecule has 0 N–H and O–H groups in total. The van der Waals surface area contributed by atoms with Crippen molar-refractivity contribution in [3.63, 3.8) is 0 Å². The average molecular weight is 205 g/mol. The summed E-state index contributed by atoms with van der Waals surface area (Å²) in [6.07, 6.45) is 1.29. The van der Waals surface area contributed by atoms with Crippen LogP contribution in [0.2, 0.25) is 0 Å². The van der Waals surface area contributed by atoms with E-state index in [1.54, 1.807) is 6.07 Å². The maximum atomic E-state index is 13.2. The molecule has 15 heavy (non-hydrogen) atoms. The van der Waals surface area contributed by atoms with E-state index in [4.69, 9.17) is 0 Å². The fourth-order valence-electron chi connectivity index (χ4n) is 3.14. The van der Waals surface area contributed by atoms with E-state index in [0.29, 0.717) is 5.41 Å². The van der Waals surface area contributed by atoms with Crippen molar-refractivity contribution in [1.29, 1.82) is 0 Å². The molecule has 80 valence electrons. The molecule has 1 aromatic rings. The monoisotopic (exact) mass is 205 g/mol. The quantitative estimate of drug-likeness (QED) is 0.680. The Bertz CT molecular complexity index is 415. The first-order valence-electron chi connectivity index (χ1n) is 5.57. The van der Waals surface area contributed by atoms with Crippen molar-refractivity contribution in [1.82, 2.24) is 4.90 Å². The number of halogens is 1. The number of likely N-dealkylation sites (N-methyl/N-ethyl adjacent to an activating group) is 1. The molecule has 1 saturated heterocycles. The van der Waals surface area contributed by atoms with Crippen molar-refractivity contribution in [3.05, 3.63) is 35.1 Å². The van der Waals surface area contributed by atoms with E-state index in [9.17, 15) is 4.39 Å². The fraction of sp³-hybridized carbons (Fsp3) is 0.538. The van der Waals surface area contributed by atoms with Crippen molar-refractivity contribution >= 4 is 0 Å². The van der Waals surface area contributed by atoms with Crippen molar-refractivity contribution in [2.75, 3.05) is 20.1 Å². The second kappa shape index (κ2) is 2.82. The zero-order valence-electron chi connectivity index (χ0n) is 9.26. The molecule has 1 aliphatic heterocycles. The van der Waals surface area contributed by atoms with E-state index < -0.39 is 0 Å².